The zero-order valence-corrected chi connectivity index (χ0v) is 13.2. The molecule has 0 aliphatic heterocycles. The number of amides is 1. The first-order chi connectivity index (χ1) is 7.93. The summed E-state index contributed by atoms with van der Waals surface area (Å²) in [6, 6.07) is 0.284. The number of rotatable bonds is 5. The Hall–Kier alpha value is -0.0500. The van der Waals surface area contributed by atoms with E-state index >= 15 is 0 Å². The van der Waals surface area contributed by atoms with E-state index in [4.69, 9.17) is 0 Å². The highest BCUT2D eigenvalue weighted by Gasteiger charge is 2.43. The van der Waals surface area contributed by atoms with Crippen molar-refractivity contribution in [2.45, 2.75) is 58.9 Å². The first kappa shape index (κ1) is 15.0. The average molecular weight is 304 g/mol. The second-order valence-corrected chi connectivity index (χ2v) is 6.65. The molecule has 1 fully saturated rings. The first-order valence-electron chi connectivity index (χ1n) is 6.76. The van der Waals surface area contributed by atoms with Gasteiger partial charge in [-0.15, -0.1) is 0 Å². The van der Waals surface area contributed by atoms with Gasteiger partial charge in [0.2, 0.25) is 5.91 Å². The Bertz CT molecular complexity index is 259. The van der Waals surface area contributed by atoms with Crippen LogP contribution < -0.4 is 0 Å². The van der Waals surface area contributed by atoms with Gasteiger partial charge in [0, 0.05) is 23.8 Å². The van der Waals surface area contributed by atoms with Crippen LogP contribution in [0.5, 0.6) is 0 Å². The number of carbonyl (C=O) groups is 1. The fourth-order valence-corrected chi connectivity index (χ4v) is 3.45. The van der Waals surface area contributed by atoms with Gasteiger partial charge in [0.1, 0.15) is 0 Å². The van der Waals surface area contributed by atoms with Crippen LogP contribution in [0.3, 0.4) is 0 Å². The van der Waals surface area contributed by atoms with Crippen LogP contribution in [-0.2, 0) is 4.79 Å². The van der Waals surface area contributed by atoms with Gasteiger partial charge in [-0.1, -0.05) is 42.6 Å². The topological polar surface area (TPSA) is 20.3 Å². The third kappa shape index (κ3) is 3.46. The van der Waals surface area contributed by atoms with Crippen molar-refractivity contribution in [1.82, 2.24) is 4.90 Å². The maximum atomic E-state index is 12.7. The third-order valence-corrected chi connectivity index (χ3v) is 4.96. The Morgan fingerprint density at radius 1 is 1.29 bits per heavy atom. The molecule has 1 saturated carbocycles. The van der Waals surface area contributed by atoms with Gasteiger partial charge < -0.3 is 4.90 Å². The lowest BCUT2D eigenvalue weighted by Gasteiger charge is -2.36. The van der Waals surface area contributed by atoms with Crippen molar-refractivity contribution in [3.8, 4) is 0 Å². The lowest BCUT2D eigenvalue weighted by atomic mass is 9.77. The molecule has 100 valence electrons. The van der Waals surface area contributed by atoms with E-state index in [2.05, 4.69) is 36.7 Å². The highest BCUT2D eigenvalue weighted by atomic mass is 79.9. The molecule has 1 rings (SSSR count). The normalized spacial score (nSPS) is 20.6. The summed E-state index contributed by atoms with van der Waals surface area (Å²) in [6.07, 6.45) is 5.65. The van der Waals surface area contributed by atoms with Gasteiger partial charge in [0.25, 0.3) is 0 Å². The van der Waals surface area contributed by atoms with Crippen molar-refractivity contribution in [2.75, 3.05) is 12.4 Å². The molecular weight excluding hydrogens is 278 g/mol. The molecule has 0 aromatic carbocycles. The maximum Gasteiger partial charge on any atom is 0.228 e. The molecule has 0 aromatic heterocycles. The molecule has 1 aliphatic rings. The second-order valence-electron chi connectivity index (χ2n) is 6.00. The van der Waals surface area contributed by atoms with Gasteiger partial charge in [-0.25, -0.2) is 0 Å². The van der Waals surface area contributed by atoms with Crippen molar-refractivity contribution >= 4 is 21.8 Å². The minimum atomic E-state index is -0.0562. The van der Waals surface area contributed by atoms with E-state index in [1.54, 1.807) is 0 Å². The molecule has 0 radical (unpaired) electrons. The Morgan fingerprint density at radius 2 is 1.82 bits per heavy atom. The average Bonchev–Trinajstić information content (AvgIpc) is 2.74. The molecule has 2 nitrogen and oxygen atoms in total. The second kappa shape index (κ2) is 6.21. The van der Waals surface area contributed by atoms with Crippen molar-refractivity contribution in [3.63, 3.8) is 0 Å². The zero-order valence-electron chi connectivity index (χ0n) is 11.6. The van der Waals surface area contributed by atoms with Gasteiger partial charge in [-0.2, -0.15) is 0 Å². The van der Waals surface area contributed by atoms with Crippen LogP contribution in [0.15, 0.2) is 0 Å². The molecule has 1 amide bonds. The van der Waals surface area contributed by atoms with Crippen molar-refractivity contribution in [2.24, 2.45) is 11.3 Å². The molecule has 0 spiro atoms. The molecule has 1 atom stereocenters. The van der Waals surface area contributed by atoms with E-state index in [1.165, 1.54) is 12.8 Å². The zero-order chi connectivity index (χ0) is 13.1. The van der Waals surface area contributed by atoms with Crippen LogP contribution in [0, 0.1) is 11.3 Å². The van der Waals surface area contributed by atoms with E-state index in [0.29, 0.717) is 11.8 Å². The number of carbonyl (C=O) groups excluding carboxylic acids is 1. The predicted octanol–water partition coefficient (Wildman–Crippen LogP) is 3.83. The molecular formula is C14H26BrNO. The van der Waals surface area contributed by atoms with E-state index in [-0.39, 0.29) is 11.5 Å². The van der Waals surface area contributed by atoms with Crippen molar-refractivity contribution < 1.29 is 4.79 Å². The molecule has 0 heterocycles. The van der Waals surface area contributed by atoms with Gasteiger partial charge in [-0.3, -0.25) is 4.79 Å². The number of hydrogen-bond acceptors (Lipinski definition) is 1. The van der Waals surface area contributed by atoms with E-state index in [0.717, 1.165) is 24.6 Å². The summed E-state index contributed by atoms with van der Waals surface area (Å²) in [5.74, 6) is 0.973. The van der Waals surface area contributed by atoms with E-state index < -0.39 is 0 Å². The minimum Gasteiger partial charge on any atom is -0.342 e. The van der Waals surface area contributed by atoms with Gasteiger partial charge in [-0.05, 0) is 32.1 Å². The number of halogens is 1. The summed E-state index contributed by atoms with van der Waals surface area (Å²) in [4.78, 5) is 14.7. The molecule has 17 heavy (non-hydrogen) atoms. The van der Waals surface area contributed by atoms with E-state index in [1.807, 2.05) is 11.9 Å². The number of nitrogens with zero attached hydrogens (tertiary/aromatic N) is 1. The summed E-state index contributed by atoms with van der Waals surface area (Å²) >= 11 is 3.47. The van der Waals surface area contributed by atoms with Crippen LogP contribution in [0.25, 0.3) is 0 Å². The minimum absolute atomic E-state index is 0.0562. The van der Waals surface area contributed by atoms with Gasteiger partial charge in [0.05, 0.1) is 0 Å². The molecule has 1 aliphatic carbocycles. The SMILES string of the molecule is CC(C)CC1(C(=O)N(C)C(C)CBr)CCCC1. The molecule has 0 bridgehead atoms. The smallest absolute Gasteiger partial charge is 0.228 e. The van der Waals surface area contributed by atoms with Crippen LogP contribution in [0.2, 0.25) is 0 Å². The summed E-state index contributed by atoms with van der Waals surface area (Å²) in [7, 11) is 1.95. The molecule has 3 heteroatoms. The summed E-state index contributed by atoms with van der Waals surface area (Å²) in [5.41, 5.74) is -0.0562. The summed E-state index contributed by atoms with van der Waals surface area (Å²) in [5, 5.41) is 0.854. The highest BCUT2D eigenvalue weighted by Crippen LogP contribution is 2.44. The number of hydrogen-bond donors (Lipinski definition) is 0. The maximum absolute atomic E-state index is 12.7. The van der Waals surface area contributed by atoms with E-state index in [9.17, 15) is 4.79 Å². The summed E-state index contributed by atoms with van der Waals surface area (Å²) < 4.78 is 0. The van der Waals surface area contributed by atoms with Gasteiger partial charge in [0.15, 0.2) is 0 Å². The Kier molecular flexibility index (Phi) is 5.49. The summed E-state index contributed by atoms with van der Waals surface area (Å²) in [6.45, 7) is 6.55. The van der Waals surface area contributed by atoms with Crippen LogP contribution in [0.1, 0.15) is 52.9 Å². The highest BCUT2D eigenvalue weighted by molar-refractivity contribution is 9.09. The van der Waals surface area contributed by atoms with Crippen molar-refractivity contribution in [3.05, 3.63) is 0 Å². The van der Waals surface area contributed by atoms with Crippen LogP contribution >= 0.6 is 15.9 Å². The standard InChI is InChI=1S/C14H26BrNO/c1-11(2)9-14(7-5-6-8-14)13(17)16(4)12(3)10-15/h11-12H,5-10H2,1-4H3. The fraction of sp³-hybridized carbons (Fsp3) is 0.929. The van der Waals surface area contributed by atoms with Crippen molar-refractivity contribution in [1.29, 1.82) is 0 Å². The third-order valence-electron chi connectivity index (χ3n) is 4.02. The molecule has 0 aromatic rings. The first-order valence-corrected chi connectivity index (χ1v) is 7.88. The molecule has 1 unspecified atom stereocenters. The Balaban J connectivity index is 2.80. The largest absolute Gasteiger partial charge is 0.342 e. The Morgan fingerprint density at radius 3 is 2.24 bits per heavy atom. The number of alkyl halides is 1. The van der Waals surface area contributed by atoms with Crippen LogP contribution in [-0.4, -0.2) is 29.2 Å². The lowest BCUT2D eigenvalue weighted by molar-refractivity contribution is -0.143. The molecule has 0 N–H and O–H groups in total. The lowest BCUT2D eigenvalue weighted by Crippen LogP contribution is -2.45. The predicted molar refractivity (Wildman–Crippen MR) is 76.4 cm³/mol. The fourth-order valence-electron chi connectivity index (χ4n) is 3.02. The van der Waals surface area contributed by atoms with Crippen LogP contribution in [0.4, 0.5) is 0 Å². The Labute approximate surface area is 114 Å². The van der Waals surface area contributed by atoms with Gasteiger partial charge >= 0.3 is 0 Å². The monoisotopic (exact) mass is 303 g/mol. The molecule has 0 saturated heterocycles. The quantitative estimate of drug-likeness (QED) is 0.707.